The van der Waals surface area contributed by atoms with E-state index in [2.05, 4.69) is 10.0 Å². The summed E-state index contributed by atoms with van der Waals surface area (Å²) in [4.78, 5) is 12.9. The van der Waals surface area contributed by atoms with Crippen LogP contribution in [0.1, 0.15) is 36.0 Å². The summed E-state index contributed by atoms with van der Waals surface area (Å²) in [5, 5.41) is 3.39. The van der Waals surface area contributed by atoms with Crippen molar-refractivity contribution in [3.63, 3.8) is 0 Å². The SMILES string of the molecule is O=C(N[C@@H]1C[C@H]2CC[C@H]1C2)c1cc(NS(=O)(=O)c2ccccc2)ccc1Cl. The minimum absolute atomic E-state index is 0.160. The van der Waals surface area contributed by atoms with Crippen LogP contribution in [-0.2, 0) is 10.0 Å². The predicted molar refractivity (Wildman–Crippen MR) is 105 cm³/mol. The van der Waals surface area contributed by atoms with Crippen molar-refractivity contribution in [2.45, 2.75) is 36.6 Å². The van der Waals surface area contributed by atoms with Gasteiger partial charge in [0.15, 0.2) is 0 Å². The van der Waals surface area contributed by atoms with Crippen molar-refractivity contribution in [2.24, 2.45) is 11.8 Å². The second-order valence-electron chi connectivity index (χ2n) is 7.37. The Labute approximate surface area is 164 Å². The smallest absolute Gasteiger partial charge is 0.261 e. The molecule has 0 radical (unpaired) electrons. The van der Waals surface area contributed by atoms with E-state index in [4.69, 9.17) is 11.6 Å². The summed E-state index contributed by atoms with van der Waals surface area (Å²) in [6, 6.07) is 12.9. The molecule has 2 bridgehead atoms. The predicted octanol–water partition coefficient (Wildman–Crippen LogP) is 4.06. The van der Waals surface area contributed by atoms with Gasteiger partial charge in [0.1, 0.15) is 0 Å². The van der Waals surface area contributed by atoms with Crippen molar-refractivity contribution < 1.29 is 13.2 Å². The molecular weight excluding hydrogens is 384 g/mol. The zero-order chi connectivity index (χ0) is 19.0. The van der Waals surface area contributed by atoms with E-state index < -0.39 is 10.0 Å². The number of anilines is 1. The van der Waals surface area contributed by atoms with E-state index in [-0.39, 0.29) is 22.4 Å². The van der Waals surface area contributed by atoms with Gasteiger partial charge in [0.25, 0.3) is 15.9 Å². The zero-order valence-electron chi connectivity index (χ0n) is 14.7. The van der Waals surface area contributed by atoms with Gasteiger partial charge in [0.2, 0.25) is 0 Å². The number of benzene rings is 2. The normalized spacial score (nSPS) is 24.0. The van der Waals surface area contributed by atoms with Gasteiger partial charge in [0, 0.05) is 11.7 Å². The fourth-order valence-corrected chi connectivity index (χ4v) is 5.52. The van der Waals surface area contributed by atoms with Crippen molar-refractivity contribution in [2.75, 3.05) is 4.72 Å². The minimum atomic E-state index is -3.72. The van der Waals surface area contributed by atoms with Crippen molar-refractivity contribution in [3.8, 4) is 0 Å². The molecule has 0 aromatic heterocycles. The fraction of sp³-hybridized carbons (Fsp3) is 0.350. The van der Waals surface area contributed by atoms with E-state index in [0.717, 1.165) is 12.3 Å². The number of carbonyl (C=O) groups excluding carboxylic acids is 1. The standard InChI is InChI=1S/C20H21ClN2O3S/c21-18-9-8-15(23-27(25,26)16-4-2-1-3-5-16)12-17(18)20(24)22-19-11-13-6-7-14(19)10-13/h1-5,8-9,12-14,19,23H,6-7,10-11H2,(H,22,24)/t13-,14-,19+/m0/s1. The molecule has 0 aliphatic heterocycles. The first-order valence-corrected chi connectivity index (χ1v) is 11.0. The molecule has 0 saturated heterocycles. The Morgan fingerprint density at radius 1 is 1.04 bits per heavy atom. The lowest BCUT2D eigenvalue weighted by Crippen LogP contribution is -2.38. The van der Waals surface area contributed by atoms with E-state index in [9.17, 15) is 13.2 Å². The number of halogens is 1. The first kappa shape index (κ1) is 18.3. The van der Waals surface area contributed by atoms with Crippen LogP contribution in [0.4, 0.5) is 5.69 Å². The average Bonchev–Trinajstić information content (AvgIpc) is 3.27. The van der Waals surface area contributed by atoms with Crippen LogP contribution in [-0.4, -0.2) is 20.4 Å². The van der Waals surface area contributed by atoms with Gasteiger partial charge < -0.3 is 5.32 Å². The average molecular weight is 405 g/mol. The van der Waals surface area contributed by atoms with Gasteiger partial charge in [-0.2, -0.15) is 0 Å². The van der Waals surface area contributed by atoms with Crippen LogP contribution in [0.3, 0.4) is 0 Å². The number of fused-ring (bicyclic) bond motifs is 2. The summed E-state index contributed by atoms with van der Waals surface area (Å²) in [6.07, 6.45) is 4.64. The third-order valence-corrected chi connectivity index (χ3v) is 7.30. The summed E-state index contributed by atoms with van der Waals surface area (Å²) in [5.41, 5.74) is 0.592. The molecule has 4 rings (SSSR count). The summed E-state index contributed by atoms with van der Waals surface area (Å²) < 4.78 is 27.5. The van der Waals surface area contributed by atoms with Crippen LogP contribution in [0.25, 0.3) is 0 Å². The highest BCUT2D eigenvalue weighted by molar-refractivity contribution is 7.92. The monoisotopic (exact) mass is 404 g/mol. The molecule has 3 atom stereocenters. The molecule has 0 heterocycles. The number of hydrogen-bond donors (Lipinski definition) is 2. The van der Waals surface area contributed by atoms with Crippen molar-refractivity contribution in [1.82, 2.24) is 5.32 Å². The number of rotatable bonds is 5. The van der Waals surface area contributed by atoms with Gasteiger partial charge in [0.05, 0.1) is 15.5 Å². The first-order chi connectivity index (χ1) is 12.9. The molecule has 1 amide bonds. The molecule has 2 aromatic carbocycles. The summed E-state index contributed by atoms with van der Waals surface area (Å²) in [6.45, 7) is 0. The summed E-state index contributed by atoms with van der Waals surface area (Å²) >= 11 is 6.21. The maximum atomic E-state index is 12.7. The Morgan fingerprint density at radius 3 is 2.48 bits per heavy atom. The third kappa shape index (κ3) is 3.82. The molecule has 0 unspecified atom stereocenters. The van der Waals surface area contributed by atoms with Gasteiger partial charge in [-0.05, 0) is 61.4 Å². The number of nitrogens with one attached hydrogen (secondary N) is 2. The van der Waals surface area contributed by atoms with E-state index in [1.165, 1.54) is 37.5 Å². The lowest BCUT2D eigenvalue weighted by molar-refractivity contribution is 0.0923. The van der Waals surface area contributed by atoms with Crippen LogP contribution in [0.2, 0.25) is 5.02 Å². The van der Waals surface area contributed by atoms with Gasteiger partial charge in [-0.15, -0.1) is 0 Å². The number of carbonyl (C=O) groups is 1. The van der Waals surface area contributed by atoms with E-state index >= 15 is 0 Å². The molecular formula is C20H21ClN2O3S. The van der Waals surface area contributed by atoms with Crippen LogP contribution >= 0.6 is 11.6 Å². The van der Waals surface area contributed by atoms with Gasteiger partial charge in [-0.25, -0.2) is 8.42 Å². The van der Waals surface area contributed by atoms with E-state index in [0.29, 0.717) is 16.6 Å². The first-order valence-electron chi connectivity index (χ1n) is 9.10. The third-order valence-electron chi connectivity index (χ3n) is 5.57. The minimum Gasteiger partial charge on any atom is -0.349 e. The highest BCUT2D eigenvalue weighted by Gasteiger charge is 2.40. The largest absolute Gasteiger partial charge is 0.349 e. The second-order valence-corrected chi connectivity index (χ2v) is 9.46. The highest BCUT2D eigenvalue weighted by Crippen LogP contribution is 2.44. The Morgan fingerprint density at radius 2 is 1.81 bits per heavy atom. The number of amides is 1. The summed E-state index contributed by atoms with van der Waals surface area (Å²) in [7, 11) is -3.72. The molecule has 5 nitrogen and oxygen atoms in total. The van der Waals surface area contributed by atoms with Crippen LogP contribution in [0.15, 0.2) is 53.4 Å². The maximum Gasteiger partial charge on any atom is 0.261 e. The lowest BCUT2D eigenvalue weighted by Gasteiger charge is -2.23. The van der Waals surface area contributed by atoms with Gasteiger partial charge >= 0.3 is 0 Å². The maximum absolute atomic E-state index is 12.7. The molecule has 2 aliphatic carbocycles. The van der Waals surface area contributed by atoms with Crippen molar-refractivity contribution in [3.05, 3.63) is 59.1 Å². The lowest BCUT2D eigenvalue weighted by atomic mass is 9.95. The second kappa shape index (κ2) is 7.17. The molecule has 142 valence electrons. The number of hydrogen-bond acceptors (Lipinski definition) is 3. The quantitative estimate of drug-likeness (QED) is 0.789. The molecule has 27 heavy (non-hydrogen) atoms. The molecule has 2 N–H and O–H groups in total. The molecule has 2 aliphatic rings. The molecule has 2 aromatic rings. The zero-order valence-corrected chi connectivity index (χ0v) is 16.3. The molecule has 2 saturated carbocycles. The Balaban J connectivity index is 1.52. The molecule has 2 fully saturated rings. The van der Waals surface area contributed by atoms with Crippen LogP contribution < -0.4 is 10.0 Å². The number of sulfonamides is 1. The van der Waals surface area contributed by atoms with Gasteiger partial charge in [-0.3, -0.25) is 9.52 Å². The van der Waals surface area contributed by atoms with E-state index in [1.807, 2.05) is 0 Å². The van der Waals surface area contributed by atoms with Gasteiger partial charge in [-0.1, -0.05) is 36.2 Å². The Hall–Kier alpha value is -2.05. The molecule has 0 spiro atoms. The topological polar surface area (TPSA) is 75.3 Å². The Kier molecular flexibility index (Phi) is 4.86. The van der Waals surface area contributed by atoms with E-state index in [1.54, 1.807) is 30.3 Å². The van der Waals surface area contributed by atoms with Crippen molar-refractivity contribution >= 4 is 33.2 Å². The van der Waals surface area contributed by atoms with Crippen LogP contribution in [0, 0.1) is 11.8 Å². The Bertz CT molecular complexity index is 962. The van der Waals surface area contributed by atoms with Crippen molar-refractivity contribution in [1.29, 1.82) is 0 Å². The molecule has 7 heteroatoms. The van der Waals surface area contributed by atoms with Crippen LogP contribution in [0.5, 0.6) is 0 Å². The summed E-state index contributed by atoms with van der Waals surface area (Å²) in [5.74, 6) is 1.02. The highest BCUT2D eigenvalue weighted by atomic mass is 35.5. The fourth-order valence-electron chi connectivity index (χ4n) is 4.24.